The number of carboxylic acid groups (broad SMARTS) is 1. The molecule has 0 aliphatic carbocycles. The number of aromatic nitrogens is 1. The summed E-state index contributed by atoms with van der Waals surface area (Å²) in [5.41, 5.74) is 7.61. The van der Waals surface area contributed by atoms with E-state index >= 15 is 9.59 Å². The largest absolute Gasteiger partial charge is 0.508 e. The van der Waals surface area contributed by atoms with Crippen LogP contribution in [0.25, 0.3) is 10.8 Å². The van der Waals surface area contributed by atoms with E-state index in [1.54, 1.807) is 36.4 Å². The van der Waals surface area contributed by atoms with Crippen LogP contribution in [0.15, 0.2) is 126 Å². The minimum Gasteiger partial charge on any atom is -0.508 e. The van der Waals surface area contributed by atoms with Crippen LogP contribution >= 0.6 is 11.6 Å². The quantitative estimate of drug-likeness (QED) is 0.0151. The molecule has 18 N–H and O–H groups in total. The molecule has 33 nitrogen and oxygen atoms in total. The maximum Gasteiger partial charge on any atom is 0.490 e. The first kappa shape index (κ1) is 97.9. The number of nitrogens with zero attached hydrogens (tertiary/aromatic N) is 4. The highest BCUT2D eigenvalue weighted by atomic mass is 35.5. The van der Waals surface area contributed by atoms with Crippen LogP contribution < -0.4 is 74.9 Å². The number of pyridine rings is 1. The van der Waals surface area contributed by atoms with Crippen molar-refractivity contribution in [3.05, 3.63) is 143 Å². The number of alkyl halides is 3. The molecule has 650 valence electrons. The van der Waals surface area contributed by atoms with Crippen LogP contribution in [-0.2, 0) is 83.2 Å². The van der Waals surface area contributed by atoms with Crippen molar-refractivity contribution in [3.63, 3.8) is 0 Å². The van der Waals surface area contributed by atoms with Crippen LogP contribution in [-0.4, -0.2) is 227 Å². The molecule has 1 aliphatic rings. The molecule has 4 aromatic carbocycles. The molecule has 119 heavy (non-hydrogen) atoms. The van der Waals surface area contributed by atoms with Crippen molar-refractivity contribution in [1.29, 1.82) is 0 Å². The number of halogens is 4. The second-order valence-corrected chi connectivity index (χ2v) is 29.3. The van der Waals surface area contributed by atoms with E-state index in [0.717, 1.165) is 10.8 Å². The van der Waals surface area contributed by atoms with Gasteiger partial charge in [0, 0.05) is 95.8 Å². The Morgan fingerprint density at radius 3 is 1.45 bits per heavy atom. The van der Waals surface area contributed by atoms with Crippen LogP contribution in [0.5, 0.6) is 5.75 Å². The summed E-state index contributed by atoms with van der Waals surface area (Å²) in [6.45, 7) is 16.3. The van der Waals surface area contributed by atoms with E-state index in [9.17, 15) is 66.5 Å². The average Bonchev–Trinajstić information content (AvgIpc) is 1.77. The normalized spacial score (nSPS) is 14.6. The molecule has 1 aliphatic heterocycles. The minimum absolute atomic E-state index is 0.0365. The molecule has 0 spiro atoms. The summed E-state index contributed by atoms with van der Waals surface area (Å²) in [4.78, 5) is 181. The summed E-state index contributed by atoms with van der Waals surface area (Å²) in [6, 6.07) is 15.3. The number of rotatable bonds is 44. The molecule has 0 bridgehead atoms. The van der Waals surface area contributed by atoms with Gasteiger partial charge in [0.25, 0.3) is 0 Å². The number of unbranched alkanes of at least 4 members (excludes halogenated alkanes) is 2. The number of aromatic hydroxyl groups is 1. The predicted molar refractivity (Wildman–Crippen MR) is 442 cm³/mol. The lowest BCUT2D eigenvalue weighted by molar-refractivity contribution is -0.192. The van der Waals surface area contributed by atoms with Gasteiger partial charge in [0.2, 0.25) is 65.0 Å². The number of phenols is 1. The van der Waals surface area contributed by atoms with Crippen molar-refractivity contribution >= 4 is 105 Å². The maximum atomic E-state index is 15.2. The van der Waals surface area contributed by atoms with E-state index < -0.39 is 144 Å². The molecule has 0 unspecified atom stereocenters. The number of benzene rings is 4. The highest BCUT2D eigenvalue weighted by molar-refractivity contribution is 6.30. The van der Waals surface area contributed by atoms with Crippen LogP contribution in [0.4, 0.5) is 13.2 Å². The zero-order valence-electron chi connectivity index (χ0n) is 68.3. The number of carbonyl (C=O) groups excluding carboxylic acids is 11. The van der Waals surface area contributed by atoms with E-state index in [1.165, 1.54) is 55.4 Å². The van der Waals surface area contributed by atoms with Gasteiger partial charge in [-0.1, -0.05) is 98.2 Å². The number of aliphatic imine (C=N–C) groups is 2. The van der Waals surface area contributed by atoms with Crippen LogP contribution in [0, 0.1) is 5.92 Å². The topological polar surface area (TPSA) is 489 Å². The second kappa shape index (κ2) is 50.8. The van der Waals surface area contributed by atoms with Gasteiger partial charge in [0.05, 0.1) is 6.61 Å². The average molecular weight is 1680 g/mol. The summed E-state index contributed by atoms with van der Waals surface area (Å²) < 4.78 is 31.7. The number of hydrogen-bond acceptors (Lipinski definition) is 17. The van der Waals surface area contributed by atoms with Crippen LogP contribution in [0.3, 0.4) is 0 Å². The van der Waals surface area contributed by atoms with Gasteiger partial charge < -0.3 is 95.1 Å². The first-order valence-electron chi connectivity index (χ1n) is 39.8. The van der Waals surface area contributed by atoms with Gasteiger partial charge in [-0.05, 0) is 162 Å². The van der Waals surface area contributed by atoms with E-state index in [4.69, 9.17) is 27.2 Å². The number of aliphatic carboxylic acids is 1. The van der Waals surface area contributed by atoms with Crippen molar-refractivity contribution in [2.45, 2.75) is 205 Å². The SMILES string of the molecule is CCNC(=NCCCC[C@H](NC(=O)[C@H](CC(C)C)NC(=O)[C@@H](CCCCN=C(NCC)NCC)NC(=O)[C@H](Cc1ccc(O)cc1)NC(=O)[C@H](CO)NC(=O)[C@@H](Cc1cccnc1)NC(=O)[C@@H](Cc1ccc(Cl)cc1)NC(=O)[C@@H](Cc1ccc2ccccc2c1)NC(C)=O)C(=O)N1CCC[C@H]1C(=O)N[C@@H](C)C(N)=O)NCC.O=C(O)C(F)(F)F. The smallest absolute Gasteiger partial charge is 0.490 e. The number of guanidine groups is 2. The fourth-order valence-corrected chi connectivity index (χ4v) is 12.8. The highest BCUT2D eigenvalue weighted by Gasteiger charge is 2.41. The number of aliphatic hydroxyl groups is 1. The highest BCUT2D eigenvalue weighted by Crippen LogP contribution is 2.23. The number of aliphatic hydroxyl groups excluding tert-OH is 1. The van der Waals surface area contributed by atoms with E-state index in [-0.39, 0.29) is 76.0 Å². The number of fused-ring (bicyclic) bond motifs is 1. The van der Waals surface area contributed by atoms with Crippen molar-refractivity contribution < 1.29 is 86.0 Å². The Labute approximate surface area is 695 Å². The molecule has 37 heteroatoms. The summed E-state index contributed by atoms with van der Waals surface area (Å²) in [5.74, 6) is -10.5. The first-order valence-corrected chi connectivity index (χ1v) is 40.2. The van der Waals surface area contributed by atoms with Gasteiger partial charge >= 0.3 is 12.1 Å². The van der Waals surface area contributed by atoms with Crippen molar-refractivity contribution in [1.82, 2.24) is 79.0 Å². The number of primary amides is 1. The number of carboxylic acids is 1. The Morgan fingerprint density at radius 2 is 0.966 bits per heavy atom. The Morgan fingerprint density at radius 1 is 0.538 bits per heavy atom. The molecular weight excluding hydrogens is 1570 g/mol. The molecule has 5 aromatic rings. The third-order valence-electron chi connectivity index (χ3n) is 18.7. The summed E-state index contributed by atoms with van der Waals surface area (Å²) in [5, 5.41) is 68.1. The predicted octanol–water partition coefficient (Wildman–Crippen LogP) is 2.91. The Kier molecular flexibility index (Phi) is 41.8. The molecule has 1 aromatic heterocycles. The van der Waals surface area contributed by atoms with Gasteiger partial charge in [-0.2, -0.15) is 13.2 Å². The second-order valence-electron chi connectivity index (χ2n) is 28.8. The van der Waals surface area contributed by atoms with Gasteiger partial charge in [0.1, 0.15) is 66.2 Å². The first-order chi connectivity index (χ1) is 56.7. The lowest BCUT2D eigenvalue weighted by atomic mass is 9.99. The Bertz CT molecular complexity index is 4210. The third-order valence-corrected chi connectivity index (χ3v) is 19.0. The number of hydrogen-bond donors (Lipinski definition) is 17. The van der Waals surface area contributed by atoms with E-state index in [2.05, 4.69) is 84.1 Å². The molecular formula is C82H114ClF3N18O15. The number of phenolic OH excluding ortho intramolecular Hbond substituents is 1. The molecule has 6 rings (SSSR count). The summed E-state index contributed by atoms with van der Waals surface area (Å²) in [7, 11) is 0. The fourth-order valence-electron chi connectivity index (χ4n) is 12.7. The van der Waals surface area contributed by atoms with Crippen molar-refractivity contribution in [3.8, 4) is 5.75 Å². The van der Waals surface area contributed by atoms with Gasteiger partial charge in [0.15, 0.2) is 11.9 Å². The monoisotopic (exact) mass is 1680 g/mol. The van der Waals surface area contributed by atoms with E-state index in [0.29, 0.717) is 104 Å². The molecule has 10 atom stereocenters. The number of likely N-dealkylation sites (tertiary alicyclic amines) is 1. The minimum atomic E-state index is -5.08. The fraction of sp³-hybridized carbons (Fsp3) is 0.500. The summed E-state index contributed by atoms with van der Waals surface area (Å²) >= 11 is 6.26. The molecule has 0 saturated carbocycles. The zero-order valence-corrected chi connectivity index (χ0v) is 69.0. The van der Waals surface area contributed by atoms with Crippen molar-refractivity contribution in [2.24, 2.45) is 21.6 Å². The molecule has 0 radical (unpaired) electrons. The van der Waals surface area contributed by atoms with Gasteiger partial charge in [-0.25, -0.2) is 4.79 Å². The third kappa shape index (κ3) is 34.8. The van der Waals surface area contributed by atoms with Gasteiger partial charge in [-0.3, -0.25) is 67.7 Å². The number of nitrogens with one attached hydrogen (secondary N) is 13. The van der Waals surface area contributed by atoms with E-state index in [1.807, 2.05) is 84.0 Å². The number of carbonyl (C=O) groups is 12. The molecule has 1 saturated heterocycles. The zero-order chi connectivity index (χ0) is 87.7. The molecule has 11 amide bonds. The van der Waals surface area contributed by atoms with Crippen LogP contribution in [0.2, 0.25) is 5.02 Å². The Hall–Kier alpha value is -11.7. The molecule has 2 heterocycles. The molecule has 1 fully saturated rings. The van der Waals surface area contributed by atoms with Crippen LogP contribution in [0.1, 0.15) is 135 Å². The number of nitrogens with two attached hydrogens (primary N) is 1. The Balaban J connectivity index is 0.00000344. The van der Waals surface area contributed by atoms with Crippen molar-refractivity contribution in [2.75, 3.05) is 52.4 Å². The lowest BCUT2D eigenvalue weighted by Crippen LogP contribution is -2.61. The lowest BCUT2D eigenvalue weighted by Gasteiger charge is -2.31. The standard InChI is InChI=1S/C80H113ClN18O13.C2HF3O2/c1-9-84-79(85-10-2)88-38-17-15-24-60(70(104)94-62(41-49(5)6)71(105)93-61(25-16-18-39-89-80(86-11-3)87-12-4)78(112)99-40-20-26-68(99)77(111)90-50(7)69(82)103)92-73(107)64(44-53-30-35-59(102)36-31-53)97-76(110)67(48-100)98-75(109)66(46-55-21-19-37-83-47-55)96-74(108)65(43-52-28-33-58(81)34-29-52)95-72(106)63(91-51(8)101)45-54-27-32-56-22-13-14-23-57(56)42-54;3-2(4,5)1(6)7/h13-14,19,21-23,27-37,42,47,49-50,60-68,100,102H,9-12,15-18,20,24-26,38-41,43-46,48H2,1-8H3,(H2,82,103)(H,90,111)(H,91,101)(H,92,107)(H,93,105)(H,94,104)(H,95,106)(H,96,108)(H,97,110)(H,98,109)(H2,84,85,88)(H2,86,87,89);(H,6,7)/t50-,60+,61-,62-,63+,64-,65+,66+,67-,68-;/m0./s1. The number of amides is 11. The maximum absolute atomic E-state index is 15.2. The van der Waals surface area contributed by atoms with Gasteiger partial charge in [-0.15, -0.1) is 0 Å². The summed E-state index contributed by atoms with van der Waals surface area (Å²) in [6.07, 6.45) is -0.316.